The highest BCUT2D eigenvalue weighted by Gasteiger charge is 2.11. The summed E-state index contributed by atoms with van der Waals surface area (Å²) in [5, 5.41) is 23.7. The van der Waals surface area contributed by atoms with Crippen LogP contribution in [0.5, 0.6) is 0 Å². The number of nitrogens with zero attached hydrogens (tertiary/aromatic N) is 4. The molecule has 8 nitrogen and oxygen atoms in total. The zero-order chi connectivity index (χ0) is 19.1. The summed E-state index contributed by atoms with van der Waals surface area (Å²) >= 11 is 2.65. The Morgan fingerprint density at radius 1 is 1.19 bits per heavy atom. The fourth-order valence-corrected chi connectivity index (χ4v) is 3.71. The number of nitro groups is 1. The van der Waals surface area contributed by atoms with Crippen molar-refractivity contribution in [3.8, 4) is 10.6 Å². The maximum absolute atomic E-state index is 11.9. The largest absolute Gasteiger partial charge is 0.278 e. The van der Waals surface area contributed by atoms with Gasteiger partial charge in [0.05, 0.1) is 22.5 Å². The zero-order valence-electron chi connectivity index (χ0n) is 13.8. The third-order valence-corrected chi connectivity index (χ3v) is 5.39. The number of benzene rings is 2. The van der Waals surface area contributed by atoms with Crippen LogP contribution in [0, 0.1) is 10.1 Å². The summed E-state index contributed by atoms with van der Waals surface area (Å²) in [5.74, 6) is -0.233. The molecule has 0 spiro atoms. The topological polar surface area (TPSA) is 110 Å². The van der Waals surface area contributed by atoms with E-state index in [-0.39, 0.29) is 17.3 Å². The van der Waals surface area contributed by atoms with Crippen LogP contribution < -0.4 is 5.43 Å². The fraction of sp³-hybridized carbons (Fsp3) is 0.0588. The number of hydrazone groups is 1. The van der Waals surface area contributed by atoms with E-state index >= 15 is 0 Å². The van der Waals surface area contributed by atoms with Gasteiger partial charge in [-0.05, 0) is 6.07 Å². The van der Waals surface area contributed by atoms with Gasteiger partial charge in [0.25, 0.3) is 11.6 Å². The van der Waals surface area contributed by atoms with E-state index in [4.69, 9.17) is 0 Å². The van der Waals surface area contributed by atoms with Crippen molar-refractivity contribution in [1.82, 2.24) is 15.6 Å². The lowest BCUT2D eigenvalue weighted by Gasteiger charge is -1.98. The Morgan fingerprint density at radius 2 is 1.93 bits per heavy atom. The number of thioether (sulfide) groups is 1. The summed E-state index contributed by atoms with van der Waals surface area (Å²) in [6.45, 7) is 0. The molecule has 1 amide bonds. The summed E-state index contributed by atoms with van der Waals surface area (Å²) in [6.07, 6.45) is 1.25. The summed E-state index contributed by atoms with van der Waals surface area (Å²) in [4.78, 5) is 22.3. The molecule has 0 radical (unpaired) electrons. The van der Waals surface area contributed by atoms with Crippen molar-refractivity contribution in [3.63, 3.8) is 0 Å². The molecule has 2 aromatic carbocycles. The molecule has 0 saturated carbocycles. The molecule has 0 aliphatic heterocycles. The minimum Gasteiger partial charge on any atom is -0.272 e. The normalized spacial score (nSPS) is 10.8. The number of aromatic nitrogens is 2. The number of nitro benzene ring substituents is 1. The first-order valence-electron chi connectivity index (χ1n) is 7.70. The van der Waals surface area contributed by atoms with Gasteiger partial charge in [-0.1, -0.05) is 65.6 Å². The van der Waals surface area contributed by atoms with Crippen molar-refractivity contribution in [2.24, 2.45) is 5.10 Å². The van der Waals surface area contributed by atoms with Crippen molar-refractivity contribution >= 4 is 40.9 Å². The second-order valence-corrected chi connectivity index (χ2v) is 7.34. The molecule has 1 heterocycles. The van der Waals surface area contributed by atoms with E-state index in [1.165, 1.54) is 35.4 Å². The Hall–Kier alpha value is -3.11. The number of hydrogen-bond donors (Lipinski definition) is 1. The van der Waals surface area contributed by atoms with Crippen LogP contribution in [0.4, 0.5) is 5.69 Å². The molecule has 0 aliphatic carbocycles. The molecule has 0 bridgehead atoms. The van der Waals surface area contributed by atoms with Crippen LogP contribution in [0.25, 0.3) is 10.6 Å². The van der Waals surface area contributed by atoms with Crippen LogP contribution in [-0.2, 0) is 4.79 Å². The zero-order valence-corrected chi connectivity index (χ0v) is 15.4. The molecule has 0 atom stereocenters. The second-order valence-electron chi connectivity index (χ2n) is 5.14. The second kappa shape index (κ2) is 9.01. The van der Waals surface area contributed by atoms with Gasteiger partial charge in [-0.25, -0.2) is 5.43 Å². The third kappa shape index (κ3) is 5.19. The lowest BCUT2D eigenvalue weighted by molar-refractivity contribution is -0.385. The predicted octanol–water partition coefficient (Wildman–Crippen LogP) is 3.36. The number of nitrogens with one attached hydrogen (secondary N) is 1. The SMILES string of the molecule is O=C(CSc1nnc(-c2ccccc2)s1)NN=Cc1ccccc1[N+](=O)[O-]. The molecular formula is C17H13N5O3S2. The van der Waals surface area contributed by atoms with E-state index in [0.717, 1.165) is 10.6 Å². The smallest absolute Gasteiger partial charge is 0.272 e. The van der Waals surface area contributed by atoms with E-state index < -0.39 is 4.92 Å². The molecule has 3 rings (SSSR count). The Morgan fingerprint density at radius 3 is 2.70 bits per heavy atom. The van der Waals surface area contributed by atoms with Crippen LogP contribution in [0.3, 0.4) is 0 Å². The van der Waals surface area contributed by atoms with Gasteiger partial charge in [0, 0.05) is 11.6 Å². The summed E-state index contributed by atoms with van der Waals surface area (Å²) in [6, 6.07) is 15.8. The molecule has 0 saturated heterocycles. The highest BCUT2D eigenvalue weighted by molar-refractivity contribution is 8.01. The number of para-hydroxylation sites is 1. The quantitative estimate of drug-likeness (QED) is 0.282. The minimum absolute atomic E-state index is 0.0767. The number of hydrogen-bond acceptors (Lipinski definition) is 8. The molecule has 0 fully saturated rings. The first-order valence-corrected chi connectivity index (χ1v) is 9.51. The molecule has 136 valence electrons. The molecule has 1 N–H and O–H groups in total. The van der Waals surface area contributed by atoms with Crippen molar-refractivity contribution in [2.75, 3.05) is 5.75 Å². The summed E-state index contributed by atoms with van der Waals surface area (Å²) in [7, 11) is 0. The van der Waals surface area contributed by atoms with E-state index in [9.17, 15) is 14.9 Å². The third-order valence-electron chi connectivity index (χ3n) is 3.28. The number of carbonyl (C=O) groups excluding carboxylic acids is 1. The highest BCUT2D eigenvalue weighted by Crippen LogP contribution is 2.28. The van der Waals surface area contributed by atoms with Gasteiger partial charge in [-0.3, -0.25) is 14.9 Å². The molecule has 3 aromatic rings. The molecule has 27 heavy (non-hydrogen) atoms. The van der Waals surface area contributed by atoms with E-state index in [1.807, 2.05) is 30.3 Å². The van der Waals surface area contributed by atoms with Crippen molar-refractivity contribution in [3.05, 3.63) is 70.3 Å². The number of rotatable bonds is 7. The Bertz CT molecular complexity index is 975. The standard InChI is InChI=1S/C17H13N5O3S2/c23-15(19-18-10-13-8-4-5-9-14(13)22(24)25)11-26-17-21-20-16(27-17)12-6-2-1-3-7-12/h1-10H,11H2,(H,19,23). The van der Waals surface area contributed by atoms with Crippen molar-refractivity contribution in [2.45, 2.75) is 4.34 Å². The average Bonchev–Trinajstić information content (AvgIpc) is 3.16. The fourth-order valence-electron chi connectivity index (χ4n) is 2.06. The predicted molar refractivity (Wildman–Crippen MR) is 105 cm³/mol. The van der Waals surface area contributed by atoms with Gasteiger partial charge in [0.1, 0.15) is 5.01 Å². The van der Waals surface area contributed by atoms with E-state index in [2.05, 4.69) is 20.7 Å². The minimum atomic E-state index is -0.501. The monoisotopic (exact) mass is 399 g/mol. The van der Waals surface area contributed by atoms with E-state index in [0.29, 0.717) is 9.90 Å². The highest BCUT2D eigenvalue weighted by atomic mass is 32.2. The van der Waals surface area contributed by atoms with Crippen molar-refractivity contribution < 1.29 is 9.72 Å². The molecular weight excluding hydrogens is 386 g/mol. The van der Waals surface area contributed by atoms with Crippen LogP contribution in [0.15, 0.2) is 64.0 Å². The Kier molecular flexibility index (Phi) is 6.23. The molecule has 10 heteroatoms. The van der Waals surface area contributed by atoms with Crippen LogP contribution in [0.1, 0.15) is 5.56 Å². The van der Waals surface area contributed by atoms with Crippen LogP contribution in [0.2, 0.25) is 0 Å². The summed E-state index contributed by atoms with van der Waals surface area (Å²) < 4.78 is 0.673. The first-order chi connectivity index (χ1) is 13.1. The number of amides is 1. The lowest BCUT2D eigenvalue weighted by Crippen LogP contribution is -2.19. The molecule has 0 unspecified atom stereocenters. The van der Waals surface area contributed by atoms with Gasteiger partial charge in [0.2, 0.25) is 0 Å². The average molecular weight is 399 g/mol. The molecule has 1 aromatic heterocycles. The van der Waals surface area contributed by atoms with Gasteiger partial charge in [-0.2, -0.15) is 5.10 Å². The maximum atomic E-state index is 11.9. The van der Waals surface area contributed by atoms with Crippen molar-refractivity contribution in [1.29, 1.82) is 0 Å². The lowest BCUT2D eigenvalue weighted by atomic mass is 10.2. The van der Waals surface area contributed by atoms with Gasteiger partial charge in [-0.15, -0.1) is 10.2 Å². The Balaban J connectivity index is 1.52. The van der Waals surface area contributed by atoms with Gasteiger partial charge < -0.3 is 0 Å². The van der Waals surface area contributed by atoms with Gasteiger partial charge >= 0.3 is 0 Å². The summed E-state index contributed by atoms with van der Waals surface area (Å²) in [5.41, 5.74) is 3.56. The number of carbonyl (C=O) groups is 1. The van der Waals surface area contributed by atoms with Crippen LogP contribution in [-0.4, -0.2) is 33.0 Å². The van der Waals surface area contributed by atoms with Crippen LogP contribution >= 0.6 is 23.1 Å². The molecule has 0 aliphatic rings. The first kappa shape index (κ1) is 18.7. The Labute approximate surface area is 162 Å². The maximum Gasteiger partial charge on any atom is 0.278 e. The van der Waals surface area contributed by atoms with Gasteiger partial charge in [0.15, 0.2) is 4.34 Å². The van der Waals surface area contributed by atoms with E-state index in [1.54, 1.807) is 18.2 Å².